The maximum atomic E-state index is 11.4. The topological polar surface area (TPSA) is 66.4 Å². The number of thioether (sulfide) groups is 1. The Balaban J connectivity index is 2.22. The maximum absolute atomic E-state index is 11.4. The minimum Gasteiger partial charge on any atom is -0.480 e. The van der Waals surface area contributed by atoms with Gasteiger partial charge in [-0.1, -0.05) is 13.8 Å². The Morgan fingerprint density at radius 1 is 1.47 bits per heavy atom. The summed E-state index contributed by atoms with van der Waals surface area (Å²) in [5.41, 5.74) is -0.935. The van der Waals surface area contributed by atoms with Crippen LogP contribution in [0.25, 0.3) is 0 Å². The highest BCUT2D eigenvalue weighted by Gasteiger charge is 2.51. The van der Waals surface area contributed by atoms with Crippen LogP contribution in [-0.4, -0.2) is 34.0 Å². The van der Waals surface area contributed by atoms with Crippen LogP contribution in [0.15, 0.2) is 0 Å². The van der Waals surface area contributed by atoms with E-state index in [1.54, 1.807) is 11.8 Å². The fourth-order valence-electron chi connectivity index (χ4n) is 1.21. The lowest BCUT2D eigenvalue weighted by Crippen LogP contribution is -2.43. The molecule has 0 spiro atoms. The van der Waals surface area contributed by atoms with Crippen molar-refractivity contribution in [3.63, 3.8) is 0 Å². The Bertz CT molecular complexity index is 261. The van der Waals surface area contributed by atoms with E-state index >= 15 is 0 Å². The van der Waals surface area contributed by atoms with Crippen LogP contribution in [0.5, 0.6) is 0 Å². The molecule has 86 valence electrons. The summed E-state index contributed by atoms with van der Waals surface area (Å²) >= 11 is 1.54. The summed E-state index contributed by atoms with van der Waals surface area (Å²) in [5.74, 6) is 0.753. The summed E-state index contributed by atoms with van der Waals surface area (Å²) in [7, 11) is 0. The van der Waals surface area contributed by atoms with E-state index in [0.29, 0.717) is 24.5 Å². The van der Waals surface area contributed by atoms with Crippen LogP contribution < -0.4 is 5.32 Å². The Hall–Kier alpha value is -0.710. The molecule has 0 aromatic carbocycles. The molecule has 0 aliphatic heterocycles. The maximum Gasteiger partial charge on any atom is 0.329 e. The van der Waals surface area contributed by atoms with Crippen LogP contribution in [0.3, 0.4) is 0 Å². The number of amides is 1. The lowest BCUT2D eigenvalue weighted by atomic mass is 10.3. The molecule has 1 rings (SSSR count). The van der Waals surface area contributed by atoms with Gasteiger partial charge in [0.05, 0.1) is 5.75 Å². The zero-order valence-electron chi connectivity index (χ0n) is 9.08. The third-order valence-corrected chi connectivity index (χ3v) is 3.59. The third-order valence-electron chi connectivity index (χ3n) is 2.22. The molecule has 1 fully saturated rings. The first kappa shape index (κ1) is 12.4. The predicted molar refractivity (Wildman–Crippen MR) is 59.9 cm³/mol. The number of nitrogens with one attached hydrogen (secondary N) is 1. The molecule has 1 amide bonds. The molecule has 0 aromatic rings. The van der Waals surface area contributed by atoms with Crippen molar-refractivity contribution in [3.8, 4) is 0 Å². The largest absolute Gasteiger partial charge is 0.480 e. The molecule has 0 heterocycles. The average Bonchev–Trinajstić information content (AvgIpc) is 2.84. The average molecular weight is 231 g/mol. The number of carbonyl (C=O) groups excluding carboxylic acids is 1. The van der Waals surface area contributed by atoms with Gasteiger partial charge in [-0.15, -0.1) is 0 Å². The molecule has 1 aliphatic carbocycles. The Morgan fingerprint density at radius 3 is 2.47 bits per heavy atom. The van der Waals surface area contributed by atoms with Crippen molar-refractivity contribution in [2.75, 3.05) is 11.5 Å². The van der Waals surface area contributed by atoms with E-state index in [9.17, 15) is 9.59 Å². The van der Waals surface area contributed by atoms with Crippen molar-refractivity contribution >= 4 is 23.6 Å². The van der Waals surface area contributed by atoms with Crippen LogP contribution >= 0.6 is 11.8 Å². The zero-order chi connectivity index (χ0) is 11.5. The van der Waals surface area contributed by atoms with Gasteiger partial charge in [-0.25, -0.2) is 4.79 Å². The van der Waals surface area contributed by atoms with Crippen molar-refractivity contribution in [2.45, 2.75) is 32.2 Å². The number of carboxylic acids is 1. The highest BCUT2D eigenvalue weighted by Crippen LogP contribution is 2.35. The lowest BCUT2D eigenvalue weighted by Gasteiger charge is -2.12. The number of hydrogen-bond donors (Lipinski definition) is 2. The number of carboxylic acid groups (broad SMARTS) is 1. The van der Waals surface area contributed by atoms with Crippen molar-refractivity contribution in [3.05, 3.63) is 0 Å². The molecule has 15 heavy (non-hydrogen) atoms. The standard InChI is InChI=1S/C10H17NO3S/c1-7(2)5-15-6-8(12)11-10(3-4-10)9(13)14/h7H,3-6H2,1-2H3,(H,11,12)(H,13,14). The summed E-state index contributed by atoms with van der Waals surface area (Å²) in [6.45, 7) is 4.18. The second-order valence-electron chi connectivity index (χ2n) is 4.34. The Morgan fingerprint density at radius 2 is 2.07 bits per heavy atom. The first-order chi connectivity index (χ1) is 6.96. The van der Waals surface area contributed by atoms with Crippen molar-refractivity contribution in [1.29, 1.82) is 0 Å². The SMILES string of the molecule is CC(C)CSCC(=O)NC1(C(=O)O)CC1. The van der Waals surface area contributed by atoms with Gasteiger partial charge in [-0.05, 0) is 24.5 Å². The second kappa shape index (κ2) is 4.88. The van der Waals surface area contributed by atoms with E-state index in [1.807, 2.05) is 0 Å². The van der Waals surface area contributed by atoms with Crippen molar-refractivity contribution < 1.29 is 14.7 Å². The summed E-state index contributed by atoms with van der Waals surface area (Å²) in [4.78, 5) is 22.2. The summed E-state index contributed by atoms with van der Waals surface area (Å²) < 4.78 is 0. The zero-order valence-corrected chi connectivity index (χ0v) is 9.89. The van der Waals surface area contributed by atoms with Crippen LogP contribution in [-0.2, 0) is 9.59 Å². The van der Waals surface area contributed by atoms with Gasteiger partial charge in [-0.3, -0.25) is 4.79 Å². The summed E-state index contributed by atoms with van der Waals surface area (Å²) in [5, 5.41) is 11.4. The van der Waals surface area contributed by atoms with E-state index in [-0.39, 0.29) is 5.91 Å². The van der Waals surface area contributed by atoms with E-state index in [0.717, 1.165) is 5.75 Å². The number of carbonyl (C=O) groups is 2. The normalized spacial score (nSPS) is 17.5. The van der Waals surface area contributed by atoms with Gasteiger partial charge in [0.25, 0.3) is 0 Å². The molecule has 1 aliphatic rings. The van der Waals surface area contributed by atoms with Crippen LogP contribution in [0.2, 0.25) is 0 Å². The predicted octanol–water partition coefficient (Wildman–Crippen LogP) is 1.11. The Kier molecular flexibility index (Phi) is 4.02. The molecule has 0 saturated heterocycles. The van der Waals surface area contributed by atoms with Gasteiger partial charge >= 0.3 is 5.97 Å². The first-order valence-electron chi connectivity index (χ1n) is 5.08. The highest BCUT2D eigenvalue weighted by molar-refractivity contribution is 7.99. The summed E-state index contributed by atoms with van der Waals surface area (Å²) in [6, 6.07) is 0. The fourth-order valence-corrected chi connectivity index (χ4v) is 2.05. The van der Waals surface area contributed by atoms with E-state index < -0.39 is 11.5 Å². The van der Waals surface area contributed by atoms with Crippen LogP contribution in [0.1, 0.15) is 26.7 Å². The molecule has 0 atom stereocenters. The molecule has 0 unspecified atom stereocenters. The molecule has 4 nitrogen and oxygen atoms in total. The number of aliphatic carboxylic acids is 1. The number of rotatable bonds is 6. The van der Waals surface area contributed by atoms with Gasteiger partial charge in [0.15, 0.2) is 0 Å². The fraction of sp³-hybridized carbons (Fsp3) is 0.800. The first-order valence-corrected chi connectivity index (χ1v) is 6.24. The van der Waals surface area contributed by atoms with Gasteiger partial charge in [-0.2, -0.15) is 11.8 Å². The molecule has 0 aromatic heterocycles. The molecule has 5 heteroatoms. The van der Waals surface area contributed by atoms with Gasteiger partial charge in [0.1, 0.15) is 5.54 Å². The van der Waals surface area contributed by atoms with Gasteiger partial charge in [0, 0.05) is 0 Å². The molecular weight excluding hydrogens is 214 g/mol. The smallest absolute Gasteiger partial charge is 0.329 e. The number of hydrogen-bond acceptors (Lipinski definition) is 3. The van der Waals surface area contributed by atoms with Crippen molar-refractivity contribution in [1.82, 2.24) is 5.32 Å². The van der Waals surface area contributed by atoms with Crippen molar-refractivity contribution in [2.24, 2.45) is 5.92 Å². The second-order valence-corrected chi connectivity index (χ2v) is 5.37. The van der Waals surface area contributed by atoms with Gasteiger partial charge < -0.3 is 10.4 Å². The highest BCUT2D eigenvalue weighted by atomic mass is 32.2. The molecule has 0 radical (unpaired) electrons. The molecular formula is C10H17NO3S. The third kappa shape index (κ3) is 3.74. The lowest BCUT2D eigenvalue weighted by molar-refractivity contribution is -0.142. The van der Waals surface area contributed by atoms with Crippen LogP contribution in [0, 0.1) is 5.92 Å². The minimum atomic E-state index is -0.935. The molecule has 1 saturated carbocycles. The Labute approximate surface area is 93.8 Å². The van der Waals surface area contributed by atoms with E-state index in [2.05, 4.69) is 19.2 Å². The monoisotopic (exact) mass is 231 g/mol. The minimum absolute atomic E-state index is 0.166. The van der Waals surface area contributed by atoms with E-state index in [1.165, 1.54) is 0 Å². The summed E-state index contributed by atoms with van der Waals surface area (Å²) in [6.07, 6.45) is 1.12. The van der Waals surface area contributed by atoms with Crippen LogP contribution in [0.4, 0.5) is 0 Å². The van der Waals surface area contributed by atoms with E-state index in [4.69, 9.17) is 5.11 Å². The molecule has 0 bridgehead atoms. The molecule has 2 N–H and O–H groups in total. The quantitative estimate of drug-likeness (QED) is 0.718. The van der Waals surface area contributed by atoms with Gasteiger partial charge in [0.2, 0.25) is 5.91 Å².